The van der Waals surface area contributed by atoms with Gasteiger partial charge in [-0.15, -0.1) is 6.58 Å². The Kier molecular flexibility index (Phi) is 7.19. The third kappa shape index (κ3) is 5.83. The summed E-state index contributed by atoms with van der Waals surface area (Å²) in [6.45, 7) is 2.82. The van der Waals surface area contributed by atoms with Crippen molar-refractivity contribution in [1.82, 2.24) is 0 Å². The highest BCUT2D eigenvalue weighted by molar-refractivity contribution is 7.81. The molecule has 25 heavy (non-hydrogen) atoms. The second kappa shape index (κ2) is 8.57. The molecule has 0 aliphatic carbocycles. The molecule has 0 N–H and O–H groups in total. The predicted molar refractivity (Wildman–Crippen MR) is 87.5 cm³/mol. The summed E-state index contributed by atoms with van der Waals surface area (Å²) in [6, 6.07) is -0.975. The lowest BCUT2D eigenvalue weighted by molar-refractivity contribution is -0.183. The Morgan fingerprint density at radius 1 is 1.40 bits per heavy atom. The average molecular weight is 439 g/mol. The molecule has 0 aromatic heterocycles. The van der Waals surface area contributed by atoms with E-state index in [2.05, 4.69) is 20.8 Å². The third-order valence-corrected chi connectivity index (χ3v) is 4.42. The Morgan fingerprint density at radius 2 is 2.12 bits per heavy atom. The molecule has 0 amide bonds. The van der Waals surface area contributed by atoms with E-state index in [1.165, 1.54) is 6.08 Å². The Bertz CT molecular complexity index is 637. The molecule has 2 aliphatic heterocycles. The van der Waals surface area contributed by atoms with E-state index in [4.69, 9.17) is 58.7 Å². The minimum atomic E-state index is -4.56. The number of hydrogen-bond donors (Lipinski definition) is 0. The number of nitrogens with zero attached hydrogens (tertiary/aromatic N) is 3. The summed E-state index contributed by atoms with van der Waals surface area (Å²) in [6.07, 6.45) is -2.40. The Labute approximate surface area is 158 Å². The number of ether oxygens (including phenoxy) is 3. The van der Waals surface area contributed by atoms with Gasteiger partial charge in [-0.25, -0.2) is 8.37 Å². The first-order chi connectivity index (χ1) is 11.7. The first-order valence-electron chi connectivity index (χ1n) is 6.85. The molecule has 10 nitrogen and oxygen atoms in total. The molecule has 0 unspecified atom stereocenters. The summed E-state index contributed by atoms with van der Waals surface area (Å²) in [7, 11) is -4.56. The summed E-state index contributed by atoms with van der Waals surface area (Å²) < 4.78 is 47.9. The Morgan fingerprint density at radius 3 is 2.72 bits per heavy atom. The van der Waals surface area contributed by atoms with Gasteiger partial charge in [0.2, 0.25) is 3.79 Å². The standard InChI is InChI=1S/C11H14Cl3N3O7S/c1-2-3-20-9-7(16-17-15)10-21-4-6(23-10)8(9)24-25(18,19)22-5-11(12,13)14/h2,6-10H,1,3-5H2/t6-,7-,8-,9-,10-/m1/s1. The van der Waals surface area contributed by atoms with Gasteiger partial charge in [-0.3, -0.25) is 0 Å². The lowest BCUT2D eigenvalue weighted by Crippen LogP contribution is -2.56. The van der Waals surface area contributed by atoms with Crippen molar-refractivity contribution in [3.63, 3.8) is 0 Å². The van der Waals surface area contributed by atoms with Crippen molar-refractivity contribution in [1.29, 1.82) is 0 Å². The maximum atomic E-state index is 12.0. The van der Waals surface area contributed by atoms with Gasteiger partial charge < -0.3 is 14.2 Å². The Balaban J connectivity index is 2.19. The van der Waals surface area contributed by atoms with Crippen LogP contribution in [-0.2, 0) is 33.0 Å². The molecular weight excluding hydrogens is 425 g/mol. The molecule has 5 atom stereocenters. The molecule has 2 rings (SSSR count). The molecule has 2 heterocycles. The highest BCUT2D eigenvalue weighted by Crippen LogP contribution is 2.35. The SMILES string of the molecule is C=CCO[C@@H]1[C@@H](N=[N+]=[N-])[C@@H]2OC[C@@H](O2)[C@H]1OS(=O)(=O)OCC(Cl)(Cl)Cl. The maximum Gasteiger partial charge on any atom is 0.400 e. The van der Waals surface area contributed by atoms with E-state index in [1.54, 1.807) is 0 Å². The van der Waals surface area contributed by atoms with Crippen LogP contribution in [0.1, 0.15) is 0 Å². The van der Waals surface area contributed by atoms with Crippen LogP contribution in [0.5, 0.6) is 0 Å². The molecule has 2 saturated heterocycles. The van der Waals surface area contributed by atoms with Crippen LogP contribution in [0, 0.1) is 0 Å². The second-order valence-electron chi connectivity index (χ2n) is 5.00. The number of azide groups is 1. The molecular formula is C11H14Cl3N3O7S. The van der Waals surface area contributed by atoms with Crippen molar-refractivity contribution < 1.29 is 31.0 Å². The fraction of sp³-hybridized carbons (Fsp3) is 0.818. The van der Waals surface area contributed by atoms with E-state index in [0.717, 1.165) is 0 Å². The van der Waals surface area contributed by atoms with E-state index in [0.29, 0.717) is 0 Å². The molecule has 0 radical (unpaired) electrons. The zero-order chi connectivity index (χ0) is 18.7. The number of hydrogen-bond acceptors (Lipinski definition) is 8. The van der Waals surface area contributed by atoms with E-state index in [9.17, 15) is 8.42 Å². The van der Waals surface area contributed by atoms with Gasteiger partial charge in [-0.05, 0) is 5.53 Å². The van der Waals surface area contributed by atoms with Gasteiger partial charge in [0.1, 0.15) is 31.0 Å². The molecule has 2 fully saturated rings. The van der Waals surface area contributed by atoms with E-state index in [-0.39, 0.29) is 13.2 Å². The molecule has 2 aliphatic rings. The summed E-state index contributed by atoms with van der Waals surface area (Å²) >= 11 is 16.4. The largest absolute Gasteiger partial charge is 0.400 e. The van der Waals surface area contributed by atoms with Crippen molar-refractivity contribution in [2.75, 3.05) is 19.8 Å². The first-order valence-corrected chi connectivity index (χ1v) is 9.32. The third-order valence-electron chi connectivity index (χ3n) is 3.23. The molecule has 14 heteroatoms. The second-order valence-corrected chi connectivity index (χ2v) is 8.77. The number of alkyl halides is 3. The fourth-order valence-electron chi connectivity index (χ4n) is 2.32. The Hall–Kier alpha value is -0.330. The first kappa shape index (κ1) is 21.0. The molecule has 2 bridgehead atoms. The van der Waals surface area contributed by atoms with Gasteiger partial charge in [0.25, 0.3) is 0 Å². The van der Waals surface area contributed by atoms with Crippen LogP contribution in [0.3, 0.4) is 0 Å². The smallest absolute Gasteiger partial charge is 0.371 e. The zero-order valence-electron chi connectivity index (χ0n) is 12.5. The minimum Gasteiger partial charge on any atom is -0.371 e. The van der Waals surface area contributed by atoms with Crippen LogP contribution in [-0.4, -0.2) is 62.7 Å². The van der Waals surface area contributed by atoms with Gasteiger partial charge in [-0.1, -0.05) is 46.0 Å². The summed E-state index contributed by atoms with van der Waals surface area (Å²) in [5.41, 5.74) is 8.72. The summed E-state index contributed by atoms with van der Waals surface area (Å²) in [5, 5.41) is 3.55. The number of fused-ring (bicyclic) bond motifs is 2. The van der Waals surface area contributed by atoms with Crippen LogP contribution in [0.4, 0.5) is 0 Å². The van der Waals surface area contributed by atoms with Gasteiger partial charge >= 0.3 is 10.4 Å². The molecule has 142 valence electrons. The normalized spacial score (nSPS) is 32.2. The molecule has 0 aromatic carbocycles. The van der Waals surface area contributed by atoms with Gasteiger partial charge in [0, 0.05) is 4.91 Å². The van der Waals surface area contributed by atoms with Crippen molar-refractivity contribution in [2.45, 2.75) is 34.4 Å². The molecule has 0 saturated carbocycles. The average Bonchev–Trinajstić information content (AvgIpc) is 2.95. The van der Waals surface area contributed by atoms with Crippen molar-refractivity contribution in [3.8, 4) is 0 Å². The maximum absolute atomic E-state index is 12.0. The summed E-state index contributed by atoms with van der Waals surface area (Å²) in [4.78, 5) is 2.70. The van der Waals surface area contributed by atoms with E-state index in [1.807, 2.05) is 0 Å². The lowest BCUT2D eigenvalue weighted by atomic mass is 9.99. The van der Waals surface area contributed by atoms with Crippen LogP contribution in [0.2, 0.25) is 0 Å². The van der Waals surface area contributed by atoms with Crippen LogP contribution >= 0.6 is 34.8 Å². The van der Waals surface area contributed by atoms with Gasteiger partial charge in [0.15, 0.2) is 6.29 Å². The van der Waals surface area contributed by atoms with Gasteiger partial charge in [-0.2, -0.15) is 8.42 Å². The molecule has 0 spiro atoms. The van der Waals surface area contributed by atoms with Gasteiger partial charge in [0.05, 0.1) is 13.2 Å². The number of rotatable bonds is 8. The quantitative estimate of drug-likeness (QED) is 0.186. The van der Waals surface area contributed by atoms with Crippen molar-refractivity contribution >= 4 is 45.2 Å². The van der Waals surface area contributed by atoms with Crippen molar-refractivity contribution in [2.24, 2.45) is 5.11 Å². The molecule has 0 aromatic rings. The van der Waals surface area contributed by atoms with Crippen LogP contribution in [0.25, 0.3) is 10.4 Å². The predicted octanol–water partition coefficient (Wildman–Crippen LogP) is 2.01. The zero-order valence-corrected chi connectivity index (χ0v) is 15.6. The van der Waals surface area contributed by atoms with Crippen LogP contribution < -0.4 is 0 Å². The topological polar surface area (TPSA) is 129 Å². The summed E-state index contributed by atoms with van der Waals surface area (Å²) in [5.74, 6) is 0. The van der Waals surface area contributed by atoms with E-state index < -0.39 is 51.4 Å². The van der Waals surface area contributed by atoms with Crippen LogP contribution in [0.15, 0.2) is 17.8 Å². The van der Waals surface area contributed by atoms with E-state index >= 15 is 0 Å². The number of halogens is 3. The highest BCUT2D eigenvalue weighted by atomic mass is 35.6. The minimum absolute atomic E-state index is 0.0146. The lowest BCUT2D eigenvalue weighted by Gasteiger charge is -2.37. The highest BCUT2D eigenvalue weighted by Gasteiger charge is 2.53. The van der Waals surface area contributed by atoms with Crippen molar-refractivity contribution in [3.05, 3.63) is 23.1 Å². The monoisotopic (exact) mass is 437 g/mol. The fourth-order valence-corrected chi connectivity index (χ4v) is 3.56.